The molecule has 0 radical (unpaired) electrons. The van der Waals surface area contributed by atoms with E-state index in [2.05, 4.69) is 15.1 Å². The van der Waals surface area contributed by atoms with Crippen molar-refractivity contribution in [2.24, 2.45) is 11.8 Å². The molecule has 2 aromatic rings. The molecule has 2 aromatic heterocycles. The van der Waals surface area contributed by atoms with Gasteiger partial charge in [-0.25, -0.2) is 0 Å². The summed E-state index contributed by atoms with van der Waals surface area (Å²) in [5.41, 5.74) is 0.811. The summed E-state index contributed by atoms with van der Waals surface area (Å²) in [4.78, 5) is 34.4. The van der Waals surface area contributed by atoms with E-state index >= 15 is 0 Å². The second-order valence-corrected chi connectivity index (χ2v) is 5.98. The molecule has 2 atom stereocenters. The van der Waals surface area contributed by atoms with Crippen LogP contribution in [0.5, 0.6) is 0 Å². The average Bonchev–Trinajstić information content (AvgIpc) is 3.19. The number of pyridine rings is 1. The lowest BCUT2D eigenvalue weighted by molar-refractivity contribution is -0.139. The van der Waals surface area contributed by atoms with E-state index in [0.29, 0.717) is 31.0 Å². The third-order valence-corrected chi connectivity index (χ3v) is 4.55. The number of allylic oxidation sites excluding steroid dienone is 2. The number of likely N-dealkylation sites (tertiary alicyclic amines) is 1. The van der Waals surface area contributed by atoms with E-state index in [1.807, 2.05) is 12.2 Å². The summed E-state index contributed by atoms with van der Waals surface area (Å²) in [5, 5.41) is 3.93. The van der Waals surface area contributed by atoms with Crippen LogP contribution in [0.15, 0.2) is 41.2 Å². The maximum absolute atomic E-state index is 12.4. The van der Waals surface area contributed by atoms with Gasteiger partial charge in [-0.1, -0.05) is 17.3 Å². The van der Waals surface area contributed by atoms with Gasteiger partial charge in [0.2, 0.25) is 23.5 Å². The van der Waals surface area contributed by atoms with Crippen molar-refractivity contribution in [3.8, 4) is 11.4 Å². The maximum Gasteiger partial charge on any atom is 0.233 e. The van der Waals surface area contributed by atoms with Crippen molar-refractivity contribution in [3.05, 3.63) is 42.6 Å². The molecular weight excluding hydrogens is 308 g/mol. The van der Waals surface area contributed by atoms with Gasteiger partial charge in [-0.15, -0.1) is 0 Å². The Kier molecular flexibility index (Phi) is 3.68. The summed E-state index contributed by atoms with van der Waals surface area (Å²) in [6.45, 7) is 0.280. The van der Waals surface area contributed by atoms with Crippen molar-refractivity contribution in [2.45, 2.75) is 19.3 Å². The number of rotatable bonds is 4. The van der Waals surface area contributed by atoms with Crippen LogP contribution in [0.2, 0.25) is 0 Å². The predicted molar refractivity (Wildman–Crippen MR) is 83.3 cm³/mol. The minimum absolute atomic E-state index is 0.0803. The van der Waals surface area contributed by atoms with Gasteiger partial charge in [-0.3, -0.25) is 19.5 Å². The van der Waals surface area contributed by atoms with Crippen LogP contribution in [0.4, 0.5) is 0 Å². The Hall–Kier alpha value is -2.83. The second kappa shape index (κ2) is 5.99. The zero-order chi connectivity index (χ0) is 16.5. The summed E-state index contributed by atoms with van der Waals surface area (Å²) >= 11 is 0. The van der Waals surface area contributed by atoms with E-state index in [-0.39, 0.29) is 30.2 Å². The van der Waals surface area contributed by atoms with E-state index in [4.69, 9.17) is 4.52 Å². The van der Waals surface area contributed by atoms with Crippen molar-refractivity contribution in [2.75, 3.05) is 6.54 Å². The molecule has 122 valence electrons. The number of amides is 2. The molecule has 3 heterocycles. The molecule has 7 heteroatoms. The molecule has 1 aliphatic heterocycles. The molecule has 1 fully saturated rings. The van der Waals surface area contributed by atoms with Crippen molar-refractivity contribution in [3.63, 3.8) is 0 Å². The molecular formula is C17H16N4O3. The minimum Gasteiger partial charge on any atom is -0.339 e. The van der Waals surface area contributed by atoms with Gasteiger partial charge in [0.05, 0.1) is 11.8 Å². The molecule has 0 spiro atoms. The predicted octanol–water partition coefficient (Wildman–Crippen LogP) is 1.63. The summed E-state index contributed by atoms with van der Waals surface area (Å²) in [5.74, 6) is 0.335. The molecule has 1 aliphatic carbocycles. The molecule has 0 bridgehead atoms. The number of carbonyl (C=O) groups excluding carboxylic acids is 2. The Balaban J connectivity index is 1.43. The molecule has 2 aliphatic rings. The molecule has 0 N–H and O–H groups in total. The zero-order valence-corrected chi connectivity index (χ0v) is 13.0. The number of nitrogens with zero attached hydrogens (tertiary/aromatic N) is 4. The first kappa shape index (κ1) is 14.7. The third-order valence-electron chi connectivity index (χ3n) is 4.55. The van der Waals surface area contributed by atoms with Crippen molar-refractivity contribution in [1.82, 2.24) is 20.0 Å². The van der Waals surface area contributed by atoms with Crippen LogP contribution in [0.3, 0.4) is 0 Å². The Morgan fingerprint density at radius 3 is 2.42 bits per heavy atom. The molecule has 7 nitrogen and oxygen atoms in total. The van der Waals surface area contributed by atoms with Crippen molar-refractivity contribution in [1.29, 1.82) is 0 Å². The minimum atomic E-state index is -0.197. The number of fused-ring (bicyclic) bond motifs is 1. The van der Waals surface area contributed by atoms with Gasteiger partial charge in [0.25, 0.3) is 0 Å². The third kappa shape index (κ3) is 2.51. The van der Waals surface area contributed by atoms with Crippen LogP contribution < -0.4 is 0 Å². The van der Waals surface area contributed by atoms with Crippen LogP contribution in [0.25, 0.3) is 11.4 Å². The van der Waals surface area contributed by atoms with Gasteiger partial charge >= 0.3 is 0 Å². The van der Waals surface area contributed by atoms with Gasteiger partial charge in [0.1, 0.15) is 0 Å². The number of hydrogen-bond acceptors (Lipinski definition) is 6. The van der Waals surface area contributed by atoms with Crippen LogP contribution in [0, 0.1) is 11.8 Å². The summed E-state index contributed by atoms with van der Waals surface area (Å²) in [7, 11) is 0. The lowest BCUT2D eigenvalue weighted by atomic mass is 9.85. The van der Waals surface area contributed by atoms with E-state index in [9.17, 15) is 9.59 Å². The zero-order valence-electron chi connectivity index (χ0n) is 13.0. The van der Waals surface area contributed by atoms with Crippen molar-refractivity contribution < 1.29 is 14.1 Å². The monoisotopic (exact) mass is 324 g/mol. The van der Waals surface area contributed by atoms with Gasteiger partial charge in [-0.05, 0) is 25.0 Å². The van der Waals surface area contributed by atoms with Gasteiger partial charge in [0, 0.05) is 30.9 Å². The molecule has 1 saturated heterocycles. The summed E-state index contributed by atoms with van der Waals surface area (Å²) < 4.78 is 5.22. The topological polar surface area (TPSA) is 89.2 Å². The largest absolute Gasteiger partial charge is 0.339 e. The molecule has 2 amide bonds. The quantitative estimate of drug-likeness (QED) is 0.627. The highest BCUT2D eigenvalue weighted by molar-refractivity contribution is 6.05. The van der Waals surface area contributed by atoms with Crippen molar-refractivity contribution >= 4 is 11.8 Å². The van der Waals surface area contributed by atoms with Gasteiger partial charge < -0.3 is 4.52 Å². The number of aromatic nitrogens is 3. The highest BCUT2D eigenvalue weighted by Gasteiger charge is 2.46. The Morgan fingerprint density at radius 1 is 1.08 bits per heavy atom. The lowest BCUT2D eigenvalue weighted by Gasteiger charge is -2.14. The van der Waals surface area contributed by atoms with Crippen LogP contribution in [-0.4, -0.2) is 38.4 Å². The average molecular weight is 324 g/mol. The standard InChI is InChI=1S/C17H16N4O3/c22-16-12-3-1-2-4-13(12)17(23)21(16)10-7-14-19-15(20-24-14)11-5-8-18-9-6-11/h1-2,5-6,8-9,12-13H,3-4,7,10H2. The van der Waals surface area contributed by atoms with Gasteiger partial charge in [0.15, 0.2) is 0 Å². The van der Waals surface area contributed by atoms with E-state index in [0.717, 1.165) is 5.56 Å². The second-order valence-electron chi connectivity index (χ2n) is 5.98. The highest BCUT2D eigenvalue weighted by Crippen LogP contribution is 2.35. The fourth-order valence-electron chi connectivity index (χ4n) is 3.27. The maximum atomic E-state index is 12.4. The van der Waals surface area contributed by atoms with E-state index in [1.165, 1.54) is 4.90 Å². The summed E-state index contributed by atoms with van der Waals surface area (Å²) in [6.07, 6.45) is 8.94. The normalized spacial score (nSPS) is 22.9. The highest BCUT2D eigenvalue weighted by atomic mass is 16.5. The van der Waals surface area contributed by atoms with Crippen LogP contribution >= 0.6 is 0 Å². The van der Waals surface area contributed by atoms with Crippen LogP contribution in [0.1, 0.15) is 18.7 Å². The fourth-order valence-corrected chi connectivity index (χ4v) is 3.27. The Labute approximate surface area is 138 Å². The number of hydrogen-bond donors (Lipinski definition) is 0. The molecule has 2 unspecified atom stereocenters. The van der Waals surface area contributed by atoms with E-state index < -0.39 is 0 Å². The first-order valence-electron chi connectivity index (χ1n) is 7.97. The summed E-state index contributed by atoms with van der Waals surface area (Å²) in [6, 6.07) is 3.58. The SMILES string of the molecule is O=C1C2CC=CCC2C(=O)N1CCc1nc(-c2ccncc2)no1. The van der Waals surface area contributed by atoms with Gasteiger partial charge in [-0.2, -0.15) is 4.98 Å². The fraction of sp³-hybridized carbons (Fsp3) is 0.353. The first-order chi connectivity index (χ1) is 11.7. The van der Waals surface area contributed by atoms with Crippen LogP contribution in [-0.2, 0) is 16.0 Å². The molecule has 0 aromatic carbocycles. The molecule has 24 heavy (non-hydrogen) atoms. The number of imide groups is 1. The number of carbonyl (C=O) groups is 2. The Morgan fingerprint density at radius 2 is 1.75 bits per heavy atom. The molecule has 4 rings (SSSR count). The van der Waals surface area contributed by atoms with E-state index in [1.54, 1.807) is 24.5 Å². The Bertz CT molecular complexity index is 773. The first-order valence-corrected chi connectivity index (χ1v) is 7.97. The smallest absolute Gasteiger partial charge is 0.233 e. The molecule has 0 saturated carbocycles. The lowest BCUT2D eigenvalue weighted by Crippen LogP contribution is -2.33.